The molecule has 0 bridgehead atoms. The summed E-state index contributed by atoms with van der Waals surface area (Å²) in [5.74, 6) is -0.205. The van der Waals surface area contributed by atoms with Gasteiger partial charge in [0, 0.05) is 18.7 Å². The van der Waals surface area contributed by atoms with Crippen molar-refractivity contribution in [2.24, 2.45) is 5.92 Å². The normalized spacial score (nSPS) is 16.6. The van der Waals surface area contributed by atoms with Crippen molar-refractivity contribution in [1.29, 1.82) is 0 Å². The lowest BCUT2D eigenvalue weighted by Crippen LogP contribution is -2.30. The van der Waals surface area contributed by atoms with E-state index in [1.807, 2.05) is 31.2 Å². The molecular weight excluding hydrogens is 410 g/mol. The quantitative estimate of drug-likeness (QED) is 0.534. The fourth-order valence-electron chi connectivity index (χ4n) is 4.02. The van der Waals surface area contributed by atoms with E-state index in [4.69, 9.17) is 4.74 Å². The van der Waals surface area contributed by atoms with Gasteiger partial charge in [-0.2, -0.15) is 0 Å². The Morgan fingerprint density at radius 1 is 1.10 bits per heavy atom. The number of carbonyl (C=O) groups is 1. The largest absolute Gasteiger partial charge is 0.465 e. The van der Waals surface area contributed by atoms with Crippen molar-refractivity contribution in [1.82, 2.24) is 4.31 Å². The highest BCUT2D eigenvalue weighted by atomic mass is 32.2. The van der Waals surface area contributed by atoms with Crippen molar-refractivity contribution >= 4 is 16.0 Å². The number of esters is 1. The Morgan fingerprint density at radius 2 is 1.74 bits per heavy atom. The SMILES string of the molecule is CCCCC1=C(Cc2ccc(C(=O)OC)cc2)N(S(=O)(=O)c2ccc(C)cc2)CC1C. The van der Waals surface area contributed by atoms with Crippen LogP contribution in [-0.2, 0) is 21.2 Å². The van der Waals surface area contributed by atoms with Gasteiger partial charge in [0.25, 0.3) is 10.0 Å². The number of rotatable bonds is 8. The van der Waals surface area contributed by atoms with E-state index in [-0.39, 0.29) is 11.9 Å². The maximum atomic E-state index is 13.5. The van der Waals surface area contributed by atoms with Gasteiger partial charge in [-0.3, -0.25) is 4.31 Å². The first-order valence-corrected chi connectivity index (χ1v) is 12.2. The van der Waals surface area contributed by atoms with E-state index in [1.54, 1.807) is 28.6 Å². The zero-order valence-corrected chi connectivity index (χ0v) is 19.5. The Balaban J connectivity index is 1.98. The first-order chi connectivity index (χ1) is 14.8. The lowest BCUT2D eigenvalue weighted by Gasteiger charge is -2.23. The van der Waals surface area contributed by atoms with Crippen LogP contribution in [0.5, 0.6) is 0 Å². The fourth-order valence-corrected chi connectivity index (χ4v) is 5.65. The number of allylic oxidation sites excluding steroid dienone is 1. The van der Waals surface area contributed by atoms with Crippen molar-refractivity contribution in [3.8, 4) is 0 Å². The minimum Gasteiger partial charge on any atom is -0.465 e. The van der Waals surface area contributed by atoms with Crippen LogP contribution in [0.1, 0.15) is 54.6 Å². The molecule has 0 aromatic heterocycles. The molecule has 0 saturated carbocycles. The molecule has 6 heteroatoms. The number of aryl methyl sites for hydroxylation is 1. The standard InChI is InChI=1S/C25H31NO4S/c1-5-6-7-23-19(3)17-26(31(28,29)22-14-8-18(2)9-15-22)24(23)16-20-10-12-21(13-11-20)25(27)30-4/h8-15,19H,5-7,16-17H2,1-4H3. The Hall–Kier alpha value is -2.60. The Bertz CT molecular complexity index is 1050. The summed E-state index contributed by atoms with van der Waals surface area (Å²) < 4.78 is 33.4. The van der Waals surface area contributed by atoms with Gasteiger partial charge in [-0.25, -0.2) is 13.2 Å². The number of ether oxygens (including phenoxy) is 1. The minimum absolute atomic E-state index is 0.177. The third kappa shape index (κ3) is 5.01. The molecule has 1 unspecified atom stereocenters. The number of methoxy groups -OCH3 is 1. The Labute approximate surface area is 185 Å². The number of carbonyl (C=O) groups excluding carboxylic acids is 1. The molecule has 1 aliphatic heterocycles. The van der Waals surface area contributed by atoms with Gasteiger partial charge >= 0.3 is 5.97 Å². The van der Waals surface area contributed by atoms with Crippen LogP contribution < -0.4 is 0 Å². The number of hydrogen-bond donors (Lipinski definition) is 0. The van der Waals surface area contributed by atoms with Crippen LogP contribution in [0.15, 0.2) is 64.7 Å². The van der Waals surface area contributed by atoms with Crippen LogP contribution in [-0.4, -0.2) is 32.3 Å². The molecule has 1 heterocycles. The van der Waals surface area contributed by atoms with E-state index in [2.05, 4.69) is 13.8 Å². The summed E-state index contributed by atoms with van der Waals surface area (Å²) in [5.41, 5.74) is 4.56. The number of sulfonamides is 1. The summed E-state index contributed by atoms with van der Waals surface area (Å²) in [6.07, 6.45) is 3.49. The molecule has 0 amide bonds. The Kier molecular flexibility index (Phi) is 7.21. The third-order valence-corrected chi connectivity index (χ3v) is 7.68. The van der Waals surface area contributed by atoms with Gasteiger partial charge in [-0.1, -0.05) is 50.1 Å². The second kappa shape index (κ2) is 9.69. The molecular formula is C25H31NO4S. The number of hydrogen-bond acceptors (Lipinski definition) is 4. The molecule has 0 radical (unpaired) electrons. The molecule has 2 aromatic carbocycles. The fraction of sp³-hybridized carbons (Fsp3) is 0.400. The highest BCUT2D eigenvalue weighted by Gasteiger charge is 2.36. The number of nitrogens with zero attached hydrogens (tertiary/aromatic N) is 1. The second-order valence-electron chi connectivity index (χ2n) is 8.19. The third-order valence-electron chi connectivity index (χ3n) is 5.86. The first kappa shape index (κ1) is 23.1. The molecule has 3 rings (SSSR count). The topological polar surface area (TPSA) is 63.7 Å². The molecule has 31 heavy (non-hydrogen) atoms. The average Bonchev–Trinajstić information content (AvgIpc) is 3.08. The predicted molar refractivity (Wildman–Crippen MR) is 122 cm³/mol. The molecule has 0 fully saturated rings. The van der Waals surface area contributed by atoms with Crippen molar-refractivity contribution in [3.05, 3.63) is 76.5 Å². The average molecular weight is 442 g/mol. The zero-order chi connectivity index (χ0) is 22.6. The van der Waals surface area contributed by atoms with Gasteiger partial charge in [0.1, 0.15) is 0 Å². The molecule has 0 spiro atoms. The van der Waals surface area contributed by atoms with Crippen molar-refractivity contribution < 1.29 is 17.9 Å². The van der Waals surface area contributed by atoms with E-state index >= 15 is 0 Å². The Morgan fingerprint density at radius 3 is 2.32 bits per heavy atom. The summed E-state index contributed by atoms with van der Waals surface area (Å²) in [5, 5.41) is 0. The van der Waals surface area contributed by atoms with Crippen LogP contribution in [0.3, 0.4) is 0 Å². The van der Waals surface area contributed by atoms with Gasteiger partial charge in [-0.05, 0) is 61.1 Å². The van der Waals surface area contributed by atoms with Crippen LogP contribution >= 0.6 is 0 Å². The van der Waals surface area contributed by atoms with E-state index < -0.39 is 10.0 Å². The predicted octanol–water partition coefficient (Wildman–Crippen LogP) is 5.11. The zero-order valence-electron chi connectivity index (χ0n) is 18.7. The summed E-state index contributed by atoms with van der Waals surface area (Å²) in [7, 11) is -2.28. The summed E-state index contributed by atoms with van der Waals surface area (Å²) in [4.78, 5) is 12.0. The van der Waals surface area contributed by atoms with Crippen LogP contribution in [0, 0.1) is 12.8 Å². The van der Waals surface area contributed by atoms with E-state index in [1.165, 1.54) is 12.7 Å². The van der Waals surface area contributed by atoms with Crippen molar-refractivity contribution in [3.63, 3.8) is 0 Å². The number of unbranched alkanes of at least 4 members (excludes halogenated alkanes) is 1. The van der Waals surface area contributed by atoms with Gasteiger partial charge < -0.3 is 4.74 Å². The van der Waals surface area contributed by atoms with Gasteiger partial charge in [-0.15, -0.1) is 0 Å². The minimum atomic E-state index is -3.64. The van der Waals surface area contributed by atoms with E-state index in [0.717, 1.165) is 36.1 Å². The van der Waals surface area contributed by atoms with Crippen molar-refractivity contribution in [2.75, 3.05) is 13.7 Å². The lowest BCUT2D eigenvalue weighted by molar-refractivity contribution is 0.0600. The maximum Gasteiger partial charge on any atom is 0.337 e. The molecule has 166 valence electrons. The monoisotopic (exact) mass is 441 g/mol. The van der Waals surface area contributed by atoms with Crippen molar-refractivity contribution in [2.45, 2.75) is 51.3 Å². The highest BCUT2D eigenvalue weighted by Crippen LogP contribution is 2.37. The number of benzene rings is 2. The maximum absolute atomic E-state index is 13.5. The van der Waals surface area contributed by atoms with Gasteiger partial charge in [0.05, 0.1) is 17.6 Å². The van der Waals surface area contributed by atoms with Crippen LogP contribution in [0.2, 0.25) is 0 Å². The molecule has 5 nitrogen and oxygen atoms in total. The van der Waals surface area contributed by atoms with Crippen LogP contribution in [0.4, 0.5) is 0 Å². The smallest absolute Gasteiger partial charge is 0.337 e. The molecule has 1 aliphatic rings. The molecule has 2 aromatic rings. The van der Waals surface area contributed by atoms with E-state index in [9.17, 15) is 13.2 Å². The second-order valence-corrected chi connectivity index (χ2v) is 10.1. The summed E-state index contributed by atoms with van der Waals surface area (Å²) >= 11 is 0. The lowest BCUT2D eigenvalue weighted by atomic mass is 9.95. The molecule has 0 aliphatic carbocycles. The molecule has 0 N–H and O–H groups in total. The molecule has 1 atom stereocenters. The van der Waals surface area contributed by atoms with Gasteiger partial charge in [0.15, 0.2) is 0 Å². The molecule has 0 saturated heterocycles. The first-order valence-electron chi connectivity index (χ1n) is 10.8. The van der Waals surface area contributed by atoms with E-state index in [0.29, 0.717) is 23.4 Å². The van der Waals surface area contributed by atoms with Crippen LogP contribution in [0.25, 0.3) is 0 Å². The van der Waals surface area contributed by atoms with Gasteiger partial charge in [0.2, 0.25) is 0 Å². The highest BCUT2D eigenvalue weighted by molar-refractivity contribution is 7.89. The summed E-state index contributed by atoms with van der Waals surface area (Å²) in [6, 6.07) is 14.2. The summed E-state index contributed by atoms with van der Waals surface area (Å²) in [6.45, 7) is 6.66.